The maximum atomic E-state index is 8.88. The molecule has 0 aromatic carbocycles. The lowest BCUT2D eigenvalue weighted by Crippen LogP contribution is -2.52. The van der Waals surface area contributed by atoms with Crippen molar-refractivity contribution in [2.24, 2.45) is 5.73 Å². The first-order valence-corrected chi connectivity index (χ1v) is 5.53. The molecule has 4 heteroatoms. The van der Waals surface area contributed by atoms with E-state index in [1.54, 1.807) is 6.92 Å². The highest BCUT2D eigenvalue weighted by Gasteiger charge is 2.26. The van der Waals surface area contributed by atoms with Crippen LogP contribution in [0.15, 0.2) is 0 Å². The molecule has 0 aromatic rings. The Morgan fingerprint density at radius 2 is 2.33 bits per heavy atom. The monoisotopic (exact) mass is 210 g/mol. The minimum atomic E-state index is -0.731. The number of likely N-dealkylation sites (N-methyl/N-ethyl adjacent to an activating group) is 2. The van der Waals surface area contributed by atoms with Crippen molar-refractivity contribution >= 4 is 0 Å². The average Bonchev–Trinajstić information content (AvgIpc) is 2.17. The van der Waals surface area contributed by atoms with Gasteiger partial charge >= 0.3 is 0 Å². The highest BCUT2D eigenvalue weighted by atomic mass is 15.2. The van der Waals surface area contributed by atoms with Gasteiger partial charge in [-0.3, -0.25) is 4.90 Å². The molecule has 1 saturated heterocycles. The summed E-state index contributed by atoms with van der Waals surface area (Å²) >= 11 is 0. The molecule has 0 radical (unpaired) electrons. The van der Waals surface area contributed by atoms with Crippen LogP contribution in [0.2, 0.25) is 0 Å². The molecule has 2 unspecified atom stereocenters. The third kappa shape index (κ3) is 3.78. The van der Waals surface area contributed by atoms with Crippen LogP contribution in [0.5, 0.6) is 0 Å². The molecule has 2 atom stereocenters. The summed E-state index contributed by atoms with van der Waals surface area (Å²) in [6.45, 7) is 4.69. The molecular formula is C11H22N4. The minimum Gasteiger partial charge on any atom is -0.313 e. The Morgan fingerprint density at radius 3 is 2.87 bits per heavy atom. The number of piperidine rings is 1. The van der Waals surface area contributed by atoms with E-state index >= 15 is 0 Å². The van der Waals surface area contributed by atoms with Gasteiger partial charge in [0.15, 0.2) is 0 Å². The maximum Gasteiger partial charge on any atom is 0.114 e. The molecule has 0 amide bonds. The van der Waals surface area contributed by atoms with Gasteiger partial charge in [-0.2, -0.15) is 5.26 Å². The van der Waals surface area contributed by atoms with Crippen molar-refractivity contribution in [3.05, 3.63) is 0 Å². The summed E-state index contributed by atoms with van der Waals surface area (Å²) in [4.78, 5) is 4.56. The molecule has 0 spiro atoms. The second-order valence-electron chi connectivity index (χ2n) is 5.00. The fraction of sp³-hybridized carbons (Fsp3) is 0.909. The summed E-state index contributed by atoms with van der Waals surface area (Å²) in [6, 6.07) is 2.69. The van der Waals surface area contributed by atoms with Crippen molar-refractivity contribution in [3.63, 3.8) is 0 Å². The molecule has 1 heterocycles. The van der Waals surface area contributed by atoms with Crippen molar-refractivity contribution in [1.82, 2.24) is 9.80 Å². The topological polar surface area (TPSA) is 56.3 Å². The SMILES string of the molecule is CN1CCCC(N(C)CC(C)(N)C#N)C1. The van der Waals surface area contributed by atoms with Gasteiger partial charge in [0.2, 0.25) is 0 Å². The summed E-state index contributed by atoms with van der Waals surface area (Å²) in [5, 5.41) is 8.88. The van der Waals surface area contributed by atoms with Crippen LogP contribution in [0.1, 0.15) is 19.8 Å². The average molecular weight is 210 g/mol. The number of hydrogen-bond donors (Lipinski definition) is 1. The van der Waals surface area contributed by atoms with E-state index in [1.165, 1.54) is 19.4 Å². The highest BCUT2D eigenvalue weighted by Crippen LogP contribution is 2.14. The summed E-state index contributed by atoms with van der Waals surface area (Å²) in [7, 11) is 4.21. The van der Waals surface area contributed by atoms with Crippen LogP contribution in [-0.2, 0) is 0 Å². The van der Waals surface area contributed by atoms with Gasteiger partial charge in [0.05, 0.1) is 6.07 Å². The first-order valence-electron chi connectivity index (χ1n) is 5.53. The van der Waals surface area contributed by atoms with Gasteiger partial charge in [-0.1, -0.05) is 0 Å². The number of likely N-dealkylation sites (tertiary alicyclic amines) is 1. The lowest BCUT2D eigenvalue weighted by molar-refractivity contribution is 0.124. The maximum absolute atomic E-state index is 8.88. The van der Waals surface area contributed by atoms with E-state index in [0.29, 0.717) is 12.6 Å². The van der Waals surface area contributed by atoms with E-state index in [4.69, 9.17) is 11.0 Å². The second-order valence-corrected chi connectivity index (χ2v) is 5.00. The molecule has 0 aromatic heterocycles. The normalized spacial score (nSPS) is 27.3. The summed E-state index contributed by atoms with van der Waals surface area (Å²) < 4.78 is 0. The standard InChI is InChI=1S/C11H22N4/c1-11(13,8-12)9-15(3)10-5-4-6-14(2)7-10/h10H,4-7,9,13H2,1-3H3. The predicted octanol–water partition coefficient (Wildman–Crippen LogP) is 0.253. The molecule has 0 aliphatic carbocycles. The predicted molar refractivity (Wildman–Crippen MR) is 61.4 cm³/mol. The molecule has 0 bridgehead atoms. The number of hydrogen-bond acceptors (Lipinski definition) is 4. The van der Waals surface area contributed by atoms with E-state index < -0.39 is 5.54 Å². The number of nitrogens with two attached hydrogens (primary N) is 1. The van der Waals surface area contributed by atoms with E-state index in [1.807, 2.05) is 0 Å². The van der Waals surface area contributed by atoms with Gasteiger partial charge in [-0.25, -0.2) is 0 Å². The van der Waals surface area contributed by atoms with Crippen LogP contribution >= 0.6 is 0 Å². The van der Waals surface area contributed by atoms with Crippen molar-refractivity contribution in [2.45, 2.75) is 31.3 Å². The smallest absolute Gasteiger partial charge is 0.114 e. The fourth-order valence-corrected chi connectivity index (χ4v) is 2.18. The van der Waals surface area contributed by atoms with Crippen LogP contribution < -0.4 is 5.73 Å². The molecule has 4 nitrogen and oxygen atoms in total. The van der Waals surface area contributed by atoms with Crippen molar-refractivity contribution in [2.75, 3.05) is 33.7 Å². The Morgan fingerprint density at radius 1 is 1.67 bits per heavy atom. The Labute approximate surface area is 92.6 Å². The lowest BCUT2D eigenvalue weighted by Gasteiger charge is -2.37. The van der Waals surface area contributed by atoms with Crippen molar-refractivity contribution < 1.29 is 0 Å². The third-order valence-electron chi connectivity index (χ3n) is 3.06. The minimum absolute atomic E-state index is 0.542. The van der Waals surface area contributed by atoms with E-state index in [9.17, 15) is 0 Å². The largest absolute Gasteiger partial charge is 0.313 e. The van der Waals surface area contributed by atoms with Crippen LogP contribution in [0, 0.1) is 11.3 Å². The Kier molecular flexibility index (Phi) is 4.09. The van der Waals surface area contributed by atoms with E-state index in [-0.39, 0.29) is 0 Å². The van der Waals surface area contributed by atoms with Crippen LogP contribution in [0.4, 0.5) is 0 Å². The summed E-state index contributed by atoms with van der Waals surface area (Å²) in [5.74, 6) is 0. The Balaban J connectivity index is 2.46. The molecular weight excluding hydrogens is 188 g/mol. The van der Waals surface area contributed by atoms with Gasteiger partial charge in [0.25, 0.3) is 0 Å². The molecule has 1 fully saturated rings. The van der Waals surface area contributed by atoms with Crippen molar-refractivity contribution in [1.29, 1.82) is 5.26 Å². The van der Waals surface area contributed by atoms with E-state index in [2.05, 4.69) is 30.0 Å². The van der Waals surface area contributed by atoms with Crippen LogP contribution in [-0.4, -0.2) is 55.1 Å². The third-order valence-corrected chi connectivity index (χ3v) is 3.06. The molecule has 86 valence electrons. The molecule has 1 aliphatic rings. The van der Waals surface area contributed by atoms with Gasteiger partial charge in [-0.05, 0) is 40.4 Å². The zero-order valence-corrected chi connectivity index (χ0v) is 10.0. The summed E-state index contributed by atoms with van der Waals surface area (Å²) in [6.07, 6.45) is 2.45. The lowest BCUT2D eigenvalue weighted by atomic mass is 10.0. The molecule has 1 aliphatic heterocycles. The first kappa shape index (κ1) is 12.4. The van der Waals surface area contributed by atoms with E-state index in [0.717, 1.165) is 6.54 Å². The highest BCUT2D eigenvalue weighted by molar-refractivity contribution is 5.03. The van der Waals surface area contributed by atoms with Crippen LogP contribution in [0.25, 0.3) is 0 Å². The quantitative estimate of drug-likeness (QED) is 0.725. The fourth-order valence-electron chi connectivity index (χ4n) is 2.18. The van der Waals surface area contributed by atoms with Gasteiger partial charge in [0, 0.05) is 19.1 Å². The van der Waals surface area contributed by atoms with Crippen LogP contribution in [0.3, 0.4) is 0 Å². The molecule has 0 saturated carbocycles. The van der Waals surface area contributed by atoms with Gasteiger partial charge in [0.1, 0.15) is 5.54 Å². The zero-order chi connectivity index (χ0) is 11.5. The number of rotatable bonds is 3. The number of nitrogens with zero attached hydrogens (tertiary/aromatic N) is 3. The molecule has 2 N–H and O–H groups in total. The van der Waals surface area contributed by atoms with Crippen molar-refractivity contribution in [3.8, 4) is 6.07 Å². The summed E-state index contributed by atoms with van der Waals surface area (Å²) in [5.41, 5.74) is 5.11. The van der Waals surface area contributed by atoms with Gasteiger partial charge in [-0.15, -0.1) is 0 Å². The molecule has 15 heavy (non-hydrogen) atoms. The zero-order valence-electron chi connectivity index (χ0n) is 10.0. The number of nitriles is 1. The first-order chi connectivity index (χ1) is 6.94. The van der Waals surface area contributed by atoms with Gasteiger partial charge < -0.3 is 10.6 Å². The Hall–Kier alpha value is -0.630. The second kappa shape index (κ2) is 4.93. The Bertz CT molecular complexity index is 243. The molecule has 1 rings (SSSR count).